The molecule has 0 N–H and O–H groups in total. The van der Waals surface area contributed by atoms with Gasteiger partial charge in [-0.3, -0.25) is 4.80 Å². The minimum atomic E-state index is -1.81. The van der Waals surface area contributed by atoms with E-state index in [1.54, 1.807) is 6.55 Å². The Morgan fingerprint density at radius 1 is 1.33 bits per heavy atom. The normalized spacial score (nSPS) is 14.4. The minimum absolute atomic E-state index is 1.12. The van der Waals surface area contributed by atoms with Gasteiger partial charge < -0.3 is 0 Å². The predicted molar refractivity (Wildman–Crippen MR) is 53.8 cm³/mol. The fraction of sp³-hybridized carbons (Fsp3) is 0.200. The summed E-state index contributed by atoms with van der Waals surface area (Å²) in [7, 11) is -1.81. The van der Waals surface area contributed by atoms with Crippen LogP contribution in [0.3, 0.4) is 0 Å². The Kier molecular flexibility index (Phi) is 3.26. The van der Waals surface area contributed by atoms with Crippen LogP contribution in [0.5, 0.6) is 0 Å². The molecule has 1 unspecified atom stereocenters. The molecule has 12 heavy (non-hydrogen) atoms. The largest absolute Gasteiger partial charge is 0.297 e. The standard InChI is InChI=1S/C10H13OSi/c1-9(8-12(2)11)10-6-4-3-5-7-10/h3-8,12H,1-2H3. The van der Waals surface area contributed by atoms with E-state index >= 15 is 0 Å². The summed E-state index contributed by atoms with van der Waals surface area (Å²) < 4.78 is 0. The number of rotatable bonds is 2. The van der Waals surface area contributed by atoms with Gasteiger partial charge >= 0.3 is 0 Å². The Balaban J connectivity index is 2.85. The second-order valence-electron chi connectivity index (χ2n) is 2.92. The van der Waals surface area contributed by atoms with E-state index in [9.17, 15) is 4.80 Å². The summed E-state index contributed by atoms with van der Waals surface area (Å²) in [6.07, 6.45) is 0. The first-order valence-electron chi connectivity index (χ1n) is 4.10. The lowest BCUT2D eigenvalue weighted by Gasteiger charge is -2.00. The Hall–Kier alpha value is -0.863. The van der Waals surface area contributed by atoms with Crippen molar-refractivity contribution in [2.75, 3.05) is 0 Å². The maximum Gasteiger partial charge on any atom is 0.243 e. The molecule has 1 aromatic rings. The van der Waals surface area contributed by atoms with Crippen LogP contribution in [-0.2, 0) is 4.80 Å². The SMILES string of the molecule is CC(=C[SiH](C)[O])c1ccccc1. The summed E-state index contributed by atoms with van der Waals surface area (Å²) in [5.74, 6) is 0. The Bertz CT molecular complexity index is 264. The predicted octanol–water partition coefficient (Wildman–Crippen LogP) is 2.41. The molecule has 0 saturated carbocycles. The molecule has 2 heteroatoms. The summed E-state index contributed by atoms with van der Waals surface area (Å²) in [4.78, 5) is 11.0. The Morgan fingerprint density at radius 3 is 2.42 bits per heavy atom. The zero-order valence-electron chi connectivity index (χ0n) is 7.45. The lowest BCUT2D eigenvalue weighted by Crippen LogP contribution is -1.98. The Labute approximate surface area is 75.1 Å². The molecule has 0 aromatic heterocycles. The van der Waals surface area contributed by atoms with Crippen LogP contribution in [0, 0.1) is 0 Å². The summed E-state index contributed by atoms with van der Waals surface area (Å²) in [5.41, 5.74) is 4.15. The molecule has 0 aliphatic heterocycles. The third-order valence-corrected chi connectivity index (χ3v) is 2.68. The molecule has 1 rings (SSSR count). The van der Waals surface area contributed by atoms with E-state index in [-0.39, 0.29) is 0 Å². The lowest BCUT2D eigenvalue weighted by atomic mass is 10.1. The quantitative estimate of drug-likeness (QED) is 0.618. The molecule has 0 saturated heterocycles. The smallest absolute Gasteiger partial charge is 0.243 e. The topological polar surface area (TPSA) is 19.9 Å². The molecule has 1 aromatic carbocycles. The molecule has 1 radical (unpaired) electrons. The van der Waals surface area contributed by atoms with Crippen molar-refractivity contribution in [3.8, 4) is 0 Å². The number of benzene rings is 1. The fourth-order valence-corrected chi connectivity index (χ4v) is 2.05. The van der Waals surface area contributed by atoms with Gasteiger partial charge in [0.05, 0.1) is 0 Å². The Morgan fingerprint density at radius 2 is 1.92 bits per heavy atom. The van der Waals surface area contributed by atoms with Gasteiger partial charge in [0, 0.05) is 0 Å². The van der Waals surface area contributed by atoms with Crippen LogP contribution in [0.1, 0.15) is 12.5 Å². The highest BCUT2D eigenvalue weighted by Gasteiger charge is 1.98. The molecule has 0 spiro atoms. The van der Waals surface area contributed by atoms with Crippen molar-refractivity contribution in [1.29, 1.82) is 0 Å². The second kappa shape index (κ2) is 4.23. The van der Waals surface area contributed by atoms with Crippen LogP contribution in [-0.4, -0.2) is 9.04 Å². The van der Waals surface area contributed by atoms with Gasteiger partial charge in [0.2, 0.25) is 9.04 Å². The van der Waals surface area contributed by atoms with Gasteiger partial charge in [-0.2, -0.15) is 0 Å². The maximum atomic E-state index is 11.0. The van der Waals surface area contributed by atoms with E-state index < -0.39 is 9.04 Å². The molecule has 0 amide bonds. The molecule has 0 bridgehead atoms. The molecule has 0 fully saturated rings. The van der Waals surface area contributed by atoms with Crippen LogP contribution in [0.15, 0.2) is 36.0 Å². The van der Waals surface area contributed by atoms with Gasteiger partial charge in [0.1, 0.15) is 0 Å². The average molecular weight is 177 g/mol. The molecule has 1 atom stereocenters. The molecule has 0 heterocycles. The highest BCUT2D eigenvalue weighted by atomic mass is 28.3. The van der Waals surface area contributed by atoms with E-state index in [4.69, 9.17) is 0 Å². The molecule has 1 nitrogen and oxygen atoms in total. The van der Waals surface area contributed by atoms with Gasteiger partial charge in [-0.05, 0) is 24.6 Å². The highest BCUT2D eigenvalue weighted by molar-refractivity contribution is 6.55. The monoisotopic (exact) mass is 177 g/mol. The molecular formula is C10H13OSi. The minimum Gasteiger partial charge on any atom is -0.297 e. The summed E-state index contributed by atoms with van der Waals surface area (Å²) in [5, 5.41) is 0. The van der Waals surface area contributed by atoms with Gasteiger partial charge in [-0.25, -0.2) is 0 Å². The molecule has 63 valence electrons. The average Bonchev–Trinajstić information content (AvgIpc) is 2.05. The van der Waals surface area contributed by atoms with Crippen molar-refractivity contribution in [3.63, 3.8) is 0 Å². The summed E-state index contributed by atoms with van der Waals surface area (Å²) >= 11 is 0. The third-order valence-electron chi connectivity index (χ3n) is 1.71. The highest BCUT2D eigenvalue weighted by Crippen LogP contribution is 2.12. The van der Waals surface area contributed by atoms with Crippen molar-refractivity contribution in [1.82, 2.24) is 0 Å². The van der Waals surface area contributed by atoms with E-state index in [0.717, 1.165) is 11.1 Å². The van der Waals surface area contributed by atoms with Crippen LogP contribution in [0.2, 0.25) is 6.55 Å². The molecule has 0 aliphatic rings. The molecular weight excluding hydrogens is 164 g/mol. The number of allylic oxidation sites excluding steroid dienone is 1. The van der Waals surface area contributed by atoms with E-state index in [2.05, 4.69) is 0 Å². The summed E-state index contributed by atoms with van der Waals surface area (Å²) in [6.45, 7) is 3.78. The van der Waals surface area contributed by atoms with Crippen LogP contribution < -0.4 is 0 Å². The van der Waals surface area contributed by atoms with E-state index in [0.29, 0.717) is 0 Å². The lowest BCUT2D eigenvalue weighted by molar-refractivity contribution is 0.464. The first-order chi connectivity index (χ1) is 5.70. The van der Waals surface area contributed by atoms with Crippen LogP contribution >= 0.6 is 0 Å². The number of hydrogen-bond donors (Lipinski definition) is 0. The van der Waals surface area contributed by atoms with Gasteiger partial charge in [-0.1, -0.05) is 36.0 Å². The zero-order chi connectivity index (χ0) is 8.97. The van der Waals surface area contributed by atoms with Crippen molar-refractivity contribution in [2.24, 2.45) is 0 Å². The first kappa shape index (κ1) is 9.23. The van der Waals surface area contributed by atoms with Gasteiger partial charge in [-0.15, -0.1) is 0 Å². The maximum absolute atomic E-state index is 11.0. The van der Waals surface area contributed by atoms with Gasteiger partial charge in [0.15, 0.2) is 0 Å². The number of hydrogen-bond acceptors (Lipinski definition) is 0. The van der Waals surface area contributed by atoms with Crippen LogP contribution in [0.25, 0.3) is 5.57 Å². The van der Waals surface area contributed by atoms with E-state index in [1.165, 1.54) is 0 Å². The fourth-order valence-electron chi connectivity index (χ4n) is 1.15. The van der Waals surface area contributed by atoms with Crippen LogP contribution in [0.4, 0.5) is 0 Å². The van der Waals surface area contributed by atoms with Crippen molar-refractivity contribution in [3.05, 3.63) is 41.6 Å². The molecule has 0 aliphatic carbocycles. The van der Waals surface area contributed by atoms with E-state index in [1.807, 2.05) is 43.0 Å². The van der Waals surface area contributed by atoms with Crippen molar-refractivity contribution >= 4 is 14.6 Å². The third kappa shape index (κ3) is 2.64. The summed E-state index contributed by atoms with van der Waals surface area (Å²) in [6, 6.07) is 10.0. The zero-order valence-corrected chi connectivity index (χ0v) is 8.60. The van der Waals surface area contributed by atoms with Gasteiger partial charge in [0.25, 0.3) is 0 Å². The van der Waals surface area contributed by atoms with Crippen molar-refractivity contribution in [2.45, 2.75) is 13.5 Å². The second-order valence-corrected chi connectivity index (χ2v) is 4.66. The first-order valence-corrected chi connectivity index (χ1v) is 6.39. The van der Waals surface area contributed by atoms with Crippen molar-refractivity contribution < 1.29 is 4.80 Å².